The predicted molar refractivity (Wildman–Crippen MR) is 241 cm³/mol. The molecule has 11 N–H and O–H groups in total. The Hall–Kier alpha value is -6.89. The van der Waals surface area contributed by atoms with Crippen molar-refractivity contribution >= 4 is 70.0 Å². The molecule has 0 aliphatic carbocycles. The van der Waals surface area contributed by atoms with Crippen LogP contribution in [-0.2, 0) is 57.6 Å². The normalized spacial score (nSPS) is 13.3. The number of unbranched alkanes of at least 4 members (excludes halogenated alkanes) is 1. The number of phenols is 1. The number of amides is 7. The summed E-state index contributed by atoms with van der Waals surface area (Å²) in [5.74, 6) is -5.64. The van der Waals surface area contributed by atoms with Crippen molar-refractivity contribution in [3.8, 4) is 5.75 Å². The number of para-hydroxylation sites is 1. The van der Waals surface area contributed by atoms with Crippen LogP contribution in [0.2, 0.25) is 0 Å². The van der Waals surface area contributed by atoms with Crippen molar-refractivity contribution in [2.75, 3.05) is 18.6 Å². The number of aromatic amines is 1. The van der Waals surface area contributed by atoms with Crippen LogP contribution in [-0.4, -0.2) is 111 Å². The first-order valence-electron chi connectivity index (χ1n) is 20.8. The number of carboxylic acids is 1. The summed E-state index contributed by atoms with van der Waals surface area (Å²) in [7, 11) is 0. The average molecular weight is 901 g/mol. The molecule has 4 rings (SSSR count). The molecule has 64 heavy (non-hydrogen) atoms. The van der Waals surface area contributed by atoms with Gasteiger partial charge in [0.05, 0.1) is 6.42 Å². The maximum Gasteiger partial charge on any atom is 0.305 e. The third-order valence-electron chi connectivity index (χ3n) is 10.1. The number of phenolic OH excluding ortho intramolecular Hbond substituents is 1. The largest absolute Gasteiger partial charge is 0.508 e. The number of aliphatic carboxylic acids is 1. The number of thioether (sulfide) groups is 1. The van der Waals surface area contributed by atoms with Crippen molar-refractivity contribution < 1.29 is 48.6 Å². The number of carbonyl (C=O) groups excluding carboxylic acids is 7. The molecule has 0 aliphatic rings. The third-order valence-corrected chi connectivity index (χ3v) is 10.8. The van der Waals surface area contributed by atoms with Gasteiger partial charge in [0.15, 0.2) is 0 Å². The molecule has 18 nitrogen and oxygen atoms in total. The maximum atomic E-state index is 14.1. The first-order valence-corrected chi connectivity index (χ1v) is 22.1. The first-order chi connectivity index (χ1) is 30.6. The zero-order valence-corrected chi connectivity index (χ0v) is 36.5. The summed E-state index contributed by atoms with van der Waals surface area (Å²) in [6.07, 6.45) is 3.69. The number of carbonyl (C=O) groups is 8. The molecule has 4 aromatic rings. The Morgan fingerprint density at radius 1 is 0.672 bits per heavy atom. The van der Waals surface area contributed by atoms with Crippen LogP contribution in [0.3, 0.4) is 0 Å². The molecule has 0 unspecified atom stereocenters. The molecule has 0 fully saturated rings. The van der Waals surface area contributed by atoms with Crippen LogP contribution in [0.15, 0.2) is 85.1 Å². The lowest BCUT2D eigenvalue weighted by Crippen LogP contribution is -2.59. The molecule has 0 radical (unpaired) electrons. The van der Waals surface area contributed by atoms with Gasteiger partial charge in [-0.1, -0.05) is 60.7 Å². The SMILES string of the molecule is CSCC[C@H](NC(=O)[C@H](Cc1c[nH]c2ccccc12)NC(=O)CCCCNC(=O)[C@H](Cc1ccc(O)cc1)NC(C)=O)C(=O)N[C@@H](CC(=O)O)C(=O)N[C@@H](Cc1ccccc1)C(N)=O. The molecule has 1 heterocycles. The fraction of sp³-hybridized carbons (Fsp3) is 0.378. The predicted octanol–water partition coefficient (Wildman–Crippen LogP) is 1.34. The van der Waals surface area contributed by atoms with E-state index in [1.54, 1.807) is 54.9 Å². The Morgan fingerprint density at radius 3 is 1.94 bits per heavy atom. The van der Waals surface area contributed by atoms with E-state index < -0.39 is 83.9 Å². The average Bonchev–Trinajstić information content (AvgIpc) is 3.67. The van der Waals surface area contributed by atoms with Crippen molar-refractivity contribution in [2.24, 2.45) is 5.73 Å². The molecule has 342 valence electrons. The smallest absolute Gasteiger partial charge is 0.305 e. The van der Waals surface area contributed by atoms with E-state index in [9.17, 15) is 48.6 Å². The number of primary amides is 1. The van der Waals surface area contributed by atoms with Crippen LogP contribution in [0, 0.1) is 0 Å². The third kappa shape index (κ3) is 16.4. The highest BCUT2D eigenvalue weighted by atomic mass is 32.2. The Morgan fingerprint density at radius 2 is 1.27 bits per heavy atom. The van der Waals surface area contributed by atoms with Gasteiger partial charge < -0.3 is 52.8 Å². The van der Waals surface area contributed by atoms with Crippen LogP contribution < -0.4 is 37.6 Å². The number of rotatable bonds is 26. The number of nitrogens with one attached hydrogen (secondary N) is 7. The number of aromatic nitrogens is 1. The summed E-state index contributed by atoms with van der Waals surface area (Å²) < 4.78 is 0. The molecule has 0 saturated heterocycles. The van der Waals surface area contributed by atoms with Crippen molar-refractivity contribution in [3.63, 3.8) is 0 Å². The molecule has 7 amide bonds. The van der Waals surface area contributed by atoms with E-state index in [4.69, 9.17) is 5.73 Å². The van der Waals surface area contributed by atoms with Crippen LogP contribution in [0.4, 0.5) is 0 Å². The van der Waals surface area contributed by atoms with E-state index in [0.29, 0.717) is 29.7 Å². The zero-order chi connectivity index (χ0) is 46.6. The van der Waals surface area contributed by atoms with Gasteiger partial charge in [0.25, 0.3) is 0 Å². The minimum Gasteiger partial charge on any atom is -0.508 e. The summed E-state index contributed by atoms with van der Waals surface area (Å²) in [5, 5.41) is 35.8. The molecular formula is C45H56N8O10S. The standard InChI is InChI=1S/C45H56N8O10S/c1-27(54)49-36(23-29-15-17-31(55)18-16-29)42(60)47-20-9-8-14-39(56)50-37(24-30-26-48-33-13-7-6-12-32(30)33)44(62)51-34(19-21-64-2)43(61)53-38(25-40(57)58)45(63)52-35(41(46)59)22-28-10-4-3-5-11-28/h3-7,10-13,15-18,26,34-38,48,55H,8-9,14,19-25H2,1-2H3,(H2,46,59)(H,47,60)(H,49,54)(H,50,56)(H,51,62)(H,52,63)(H,53,61)(H,57,58)/t34-,35-,36-,37-,38-/m0/s1. The minimum atomic E-state index is -1.64. The molecule has 0 spiro atoms. The second-order valence-corrected chi connectivity index (χ2v) is 16.2. The zero-order valence-electron chi connectivity index (χ0n) is 35.7. The molecule has 3 aromatic carbocycles. The Balaban J connectivity index is 1.42. The lowest BCUT2D eigenvalue weighted by atomic mass is 10.0. The Kier molecular flexibility index (Phi) is 19.7. The lowest BCUT2D eigenvalue weighted by molar-refractivity contribution is -0.141. The molecule has 0 saturated carbocycles. The number of hydrogen-bond acceptors (Lipinski definition) is 10. The van der Waals surface area contributed by atoms with E-state index >= 15 is 0 Å². The second kappa shape index (κ2) is 25.3. The minimum absolute atomic E-state index is 0.0187. The molecule has 5 atom stereocenters. The first kappa shape index (κ1) is 49.8. The van der Waals surface area contributed by atoms with Crippen molar-refractivity contribution in [1.82, 2.24) is 36.9 Å². The van der Waals surface area contributed by atoms with Crippen molar-refractivity contribution in [3.05, 3.63) is 102 Å². The van der Waals surface area contributed by atoms with Crippen LogP contribution in [0.1, 0.15) is 55.7 Å². The Labute approximate surface area is 374 Å². The fourth-order valence-electron chi connectivity index (χ4n) is 6.84. The van der Waals surface area contributed by atoms with E-state index in [-0.39, 0.29) is 44.4 Å². The number of nitrogens with two attached hydrogens (primary N) is 1. The Bertz CT molecular complexity index is 2240. The number of benzene rings is 3. The number of hydrogen-bond donors (Lipinski definition) is 10. The number of H-pyrrole nitrogens is 1. The summed E-state index contributed by atoms with van der Waals surface area (Å²) in [4.78, 5) is 107. The van der Waals surface area contributed by atoms with Gasteiger partial charge in [0.1, 0.15) is 36.0 Å². The number of aromatic hydroxyl groups is 1. The summed E-state index contributed by atoms with van der Waals surface area (Å²) in [6, 6.07) is 16.2. The maximum absolute atomic E-state index is 14.1. The van der Waals surface area contributed by atoms with Gasteiger partial charge in [-0.2, -0.15) is 11.8 Å². The second-order valence-electron chi connectivity index (χ2n) is 15.2. The van der Waals surface area contributed by atoms with Crippen LogP contribution in [0.5, 0.6) is 5.75 Å². The van der Waals surface area contributed by atoms with Gasteiger partial charge in [-0.25, -0.2) is 0 Å². The van der Waals surface area contributed by atoms with E-state index in [2.05, 4.69) is 36.9 Å². The summed E-state index contributed by atoms with van der Waals surface area (Å²) >= 11 is 1.38. The molecule has 1 aromatic heterocycles. The van der Waals surface area contributed by atoms with Crippen molar-refractivity contribution in [2.45, 2.75) is 88.5 Å². The van der Waals surface area contributed by atoms with Crippen molar-refractivity contribution in [1.29, 1.82) is 0 Å². The molecular weight excluding hydrogens is 845 g/mol. The van der Waals surface area contributed by atoms with E-state index in [1.807, 2.05) is 24.3 Å². The summed E-state index contributed by atoms with van der Waals surface area (Å²) in [5.41, 5.74) is 8.48. The highest BCUT2D eigenvalue weighted by molar-refractivity contribution is 7.98. The van der Waals surface area contributed by atoms with Gasteiger partial charge in [0.2, 0.25) is 41.4 Å². The highest BCUT2D eigenvalue weighted by Crippen LogP contribution is 2.20. The summed E-state index contributed by atoms with van der Waals surface area (Å²) in [6.45, 7) is 1.50. The van der Waals surface area contributed by atoms with Gasteiger partial charge in [0, 0.05) is 56.3 Å². The fourth-order valence-corrected chi connectivity index (χ4v) is 7.31. The van der Waals surface area contributed by atoms with Gasteiger partial charge >= 0.3 is 5.97 Å². The molecule has 0 bridgehead atoms. The monoisotopic (exact) mass is 900 g/mol. The van der Waals surface area contributed by atoms with Gasteiger partial charge in [-0.15, -0.1) is 0 Å². The van der Waals surface area contributed by atoms with Gasteiger partial charge in [-0.05, 0) is 66.2 Å². The number of fused-ring (bicyclic) bond motifs is 1. The quantitative estimate of drug-likeness (QED) is 0.0402. The topological polar surface area (TPSA) is 291 Å². The van der Waals surface area contributed by atoms with E-state index in [1.165, 1.54) is 30.8 Å². The highest BCUT2D eigenvalue weighted by Gasteiger charge is 2.32. The molecule has 19 heteroatoms. The molecule has 0 aliphatic heterocycles. The van der Waals surface area contributed by atoms with Crippen LogP contribution in [0.25, 0.3) is 10.9 Å². The van der Waals surface area contributed by atoms with Crippen LogP contribution >= 0.6 is 11.8 Å². The lowest BCUT2D eigenvalue weighted by Gasteiger charge is -2.26. The van der Waals surface area contributed by atoms with Gasteiger partial charge in [-0.3, -0.25) is 38.4 Å². The number of carboxylic acid groups (broad SMARTS) is 1. The van der Waals surface area contributed by atoms with E-state index in [0.717, 1.165) is 16.5 Å².